The number of halogens is 1. The molecule has 0 saturated carbocycles. The summed E-state index contributed by atoms with van der Waals surface area (Å²) < 4.78 is 7.09. The fraction of sp³-hybridized carbons (Fsp3) is 0.158. The minimum atomic E-state index is -0.191. The highest BCUT2D eigenvalue weighted by atomic mass is 35.5. The number of benzene rings is 2. The molecule has 0 bridgehead atoms. The number of rotatable bonds is 5. The van der Waals surface area contributed by atoms with Crippen LogP contribution in [0.2, 0.25) is 5.02 Å². The van der Waals surface area contributed by atoms with Gasteiger partial charge in [-0.25, -0.2) is 0 Å². The van der Waals surface area contributed by atoms with Gasteiger partial charge < -0.3 is 14.6 Å². The molecule has 0 fully saturated rings. The molecule has 0 spiro atoms. The Labute approximate surface area is 149 Å². The first-order chi connectivity index (χ1) is 12.1. The molecule has 2 aromatic carbocycles. The number of amides is 1. The maximum absolute atomic E-state index is 12.3. The molecule has 0 atom stereocenters. The number of pyridine rings is 1. The van der Waals surface area contributed by atoms with Crippen molar-refractivity contribution in [2.75, 3.05) is 11.9 Å². The van der Waals surface area contributed by atoms with Crippen molar-refractivity contribution in [3.8, 4) is 5.75 Å². The zero-order valence-electron chi connectivity index (χ0n) is 13.7. The Morgan fingerprint density at radius 3 is 2.64 bits per heavy atom. The highest BCUT2D eigenvalue weighted by Crippen LogP contribution is 2.18. The second-order valence-electron chi connectivity index (χ2n) is 5.47. The van der Waals surface area contributed by atoms with Gasteiger partial charge in [0.15, 0.2) is 5.43 Å². The molecule has 0 aliphatic heterocycles. The van der Waals surface area contributed by atoms with Crippen LogP contribution >= 0.6 is 11.6 Å². The smallest absolute Gasteiger partial charge is 0.244 e. The second-order valence-corrected chi connectivity index (χ2v) is 5.91. The number of anilines is 1. The van der Waals surface area contributed by atoms with E-state index < -0.39 is 0 Å². The molecule has 0 saturated heterocycles. The predicted octanol–water partition coefficient (Wildman–Crippen LogP) is 3.69. The molecule has 1 amide bonds. The number of carbonyl (C=O) groups excluding carboxylic acids is 1. The van der Waals surface area contributed by atoms with Gasteiger partial charge in [0.1, 0.15) is 12.3 Å². The van der Waals surface area contributed by atoms with E-state index in [2.05, 4.69) is 5.32 Å². The lowest BCUT2D eigenvalue weighted by atomic mass is 10.2. The molecule has 1 heterocycles. The van der Waals surface area contributed by atoms with Gasteiger partial charge in [-0.3, -0.25) is 9.59 Å². The first kappa shape index (κ1) is 17.0. The highest BCUT2D eigenvalue weighted by Gasteiger charge is 2.08. The topological polar surface area (TPSA) is 60.3 Å². The maximum atomic E-state index is 12.3. The Bertz CT molecular complexity index is 965. The van der Waals surface area contributed by atoms with E-state index in [1.54, 1.807) is 53.2 Å². The molecule has 5 nitrogen and oxygen atoms in total. The Hall–Kier alpha value is -2.79. The van der Waals surface area contributed by atoms with Crippen molar-refractivity contribution in [2.24, 2.45) is 0 Å². The summed E-state index contributed by atoms with van der Waals surface area (Å²) in [5.74, 6) is 0.563. The molecule has 0 aliphatic rings. The van der Waals surface area contributed by atoms with E-state index >= 15 is 0 Å². The number of ether oxygens (including phenoxy) is 1. The number of carbonyl (C=O) groups is 1. The van der Waals surface area contributed by atoms with E-state index in [-0.39, 0.29) is 17.9 Å². The lowest BCUT2D eigenvalue weighted by Gasteiger charge is -2.11. The third kappa shape index (κ3) is 4.00. The van der Waals surface area contributed by atoms with Gasteiger partial charge in [-0.05, 0) is 49.4 Å². The van der Waals surface area contributed by atoms with Gasteiger partial charge in [0.2, 0.25) is 5.91 Å². The summed E-state index contributed by atoms with van der Waals surface area (Å²) in [5, 5.41) is 3.81. The van der Waals surface area contributed by atoms with Crippen molar-refractivity contribution in [1.29, 1.82) is 0 Å². The molecule has 0 radical (unpaired) electrons. The van der Waals surface area contributed by atoms with Crippen LogP contribution in [-0.4, -0.2) is 17.1 Å². The third-order valence-corrected chi connectivity index (χ3v) is 3.94. The number of hydrogen-bond donors (Lipinski definition) is 1. The highest BCUT2D eigenvalue weighted by molar-refractivity contribution is 6.31. The van der Waals surface area contributed by atoms with Crippen molar-refractivity contribution in [2.45, 2.75) is 13.5 Å². The normalized spacial score (nSPS) is 10.6. The average molecular weight is 357 g/mol. The summed E-state index contributed by atoms with van der Waals surface area (Å²) in [6.45, 7) is 2.60. The number of fused-ring (bicyclic) bond motifs is 1. The van der Waals surface area contributed by atoms with Crippen LogP contribution in [0.4, 0.5) is 5.69 Å². The van der Waals surface area contributed by atoms with Crippen LogP contribution in [0.25, 0.3) is 10.9 Å². The van der Waals surface area contributed by atoms with Crippen LogP contribution in [0.1, 0.15) is 6.92 Å². The van der Waals surface area contributed by atoms with Crippen LogP contribution in [-0.2, 0) is 11.3 Å². The Morgan fingerprint density at radius 1 is 1.16 bits per heavy atom. The lowest BCUT2D eigenvalue weighted by Crippen LogP contribution is -2.20. The predicted molar refractivity (Wildman–Crippen MR) is 99.5 cm³/mol. The van der Waals surface area contributed by atoms with E-state index in [1.807, 2.05) is 6.92 Å². The van der Waals surface area contributed by atoms with Crippen molar-refractivity contribution in [3.63, 3.8) is 0 Å². The van der Waals surface area contributed by atoms with Crippen LogP contribution in [0, 0.1) is 0 Å². The quantitative estimate of drug-likeness (QED) is 0.758. The van der Waals surface area contributed by atoms with Crippen LogP contribution in [0.5, 0.6) is 5.75 Å². The number of nitrogens with one attached hydrogen (secondary N) is 1. The van der Waals surface area contributed by atoms with Crippen molar-refractivity contribution >= 4 is 34.1 Å². The fourth-order valence-electron chi connectivity index (χ4n) is 2.58. The van der Waals surface area contributed by atoms with E-state index in [0.29, 0.717) is 28.2 Å². The standard InChI is InChI=1S/C19H17ClN2O3/c1-2-25-15-6-4-14(5-7-15)21-19(24)12-22-10-9-18(23)16-11-13(20)3-8-17(16)22/h3-11H,2,12H2,1H3,(H,21,24). The number of hydrogen-bond acceptors (Lipinski definition) is 3. The molecular weight excluding hydrogens is 340 g/mol. The molecule has 25 heavy (non-hydrogen) atoms. The van der Waals surface area contributed by atoms with Crippen molar-refractivity contribution in [3.05, 3.63) is 70.0 Å². The third-order valence-electron chi connectivity index (χ3n) is 3.70. The number of aromatic nitrogens is 1. The molecule has 0 unspecified atom stereocenters. The first-order valence-electron chi connectivity index (χ1n) is 7.88. The Morgan fingerprint density at radius 2 is 1.92 bits per heavy atom. The van der Waals surface area contributed by atoms with Crippen LogP contribution in [0.3, 0.4) is 0 Å². The van der Waals surface area contributed by atoms with E-state index in [1.165, 1.54) is 6.07 Å². The molecule has 0 aliphatic carbocycles. The molecule has 1 aromatic heterocycles. The summed E-state index contributed by atoms with van der Waals surface area (Å²) >= 11 is 5.95. The van der Waals surface area contributed by atoms with Gasteiger partial charge in [0, 0.05) is 28.4 Å². The van der Waals surface area contributed by atoms with Crippen LogP contribution < -0.4 is 15.5 Å². The fourth-order valence-corrected chi connectivity index (χ4v) is 2.75. The van der Waals surface area contributed by atoms with Gasteiger partial charge in [-0.15, -0.1) is 0 Å². The lowest BCUT2D eigenvalue weighted by molar-refractivity contribution is -0.116. The zero-order valence-corrected chi connectivity index (χ0v) is 14.4. The summed E-state index contributed by atoms with van der Waals surface area (Å²) in [5.41, 5.74) is 1.22. The average Bonchev–Trinajstić information content (AvgIpc) is 2.59. The van der Waals surface area contributed by atoms with Crippen molar-refractivity contribution < 1.29 is 9.53 Å². The van der Waals surface area contributed by atoms with Gasteiger partial charge in [0.05, 0.1) is 12.1 Å². The molecule has 128 valence electrons. The summed E-state index contributed by atoms with van der Waals surface area (Å²) in [6.07, 6.45) is 1.61. The SMILES string of the molecule is CCOc1ccc(NC(=O)Cn2ccc(=O)c3cc(Cl)ccc32)cc1. The van der Waals surface area contributed by atoms with Gasteiger partial charge in [-0.1, -0.05) is 11.6 Å². The Kier molecular flexibility index (Phi) is 5.05. The molecule has 3 aromatic rings. The van der Waals surface area contributed by atoms with Crippen LogP contribution in [0.15, 0.2) is 59.5 Å². The zero-order chi connectivity index (χ0) is 17.8. The second kappa shape index (κ2) is 7.40. The number of nitrogens with zero attached hydrogens (tertiary/aromatic N) is 1. The Balaban J connectivity index is 1.78. The maximum Gasteiger partial charge on any atom is 0.244 e. The van der Waals surface area contributed by atoms with Gasteiger partial charge >= 0.3 is 0 Å². The molecule has 1 N–H and O–H groups in total. The van der Waals surface area contributed by atoms with Crippen molar-refractivity contribution in [1.82, 2.24) is 4.57 Å². The largest absolute Gasteiger partial charge is 0.494 e. The first-order valence-corrected chi connectivity index (χ1v) is 8.26. The molecular formula is C19H17ClN2O3. The van der Waals surface area contributed by atoms with E-state index in [0.717, 1.165) is 5.75 Å². The molecule has 3 rings (SSSR count). The monoisotopic (exact) mass is 356 g/mol. The van der Waals surface area contributed by atoms with Gasteiger partial charge in [-0.2, -0.15) is 0 Å². The minimum Gasteiger partial charge on any atom is -0.494 e. The van der Waals surface area contributed by atoms with E-state index in [9.17, 15) is 9.59 Å². The summed E-state index contributed by atoms with van der Waals surface area (Å²) in [4.78, 5) is 24.3. The van der Waals surface area contributed by atoms with E-state index in [4.69, 9.17) is 16.3 Å². The van der Waals surface area contributed by atoms with Gasteiger partial charge in [0.25, 0.3) is 0 Å². The summed E-state index contributed by atoms with van der Waals surface area (Å²) in [7, 11) is 0. The summed E-state index contributed by atoms with van der Waals surface area (Å²) in [6, 6.07) is 13.7. The minimum absolute atomic E-state index is 0.0889. The molecule has 6 heteroatoms.